The molecule has 0 aliphatic carbocycles. The van der Waals surface area contributed by atoms with Crippen molar-refractivity contribution < 1.29 is 13.6 Å². The lowest BCUT2D eigenvalue weighted by Crippen LogP contribution is -2.39. The molecule has 0 fully saturated rings. The first kappa shape index (κ1) is 23.7. The first-order valence-corrected chi connectivity index (χ1v) is 10.6. The van der Waals surface area contributed by atoms with E-state index in [1.54, 1.807) is 23.1 Å². The van der Waals surface area contributed by atoms with E-state index in [1.807, 2.05) is 6.07 Å². The molecular formula is C20H21BrClF2N3OS. The molecule has 0 radical (unpaired) electrons. The Hall–Kier alpha value is -1.61. The van der Waals surface area contributed by atoms with E-state index >= 15 is 0 Å². The van der Waals surface area contributed by atoms with Crippen molar-refractivity contribution in [3.05, 3.63) is 58.1 Å². The fraction of sp³-hybridized carbons (Fsp3) is 0.300. The highest BCUT2D eigenvalue weighted by molar-refractivity contribution is 9.10. The van der Waals surface area contributed by atoms with Crippen molar-refractivity contribution in [3.63, 3.8) is 0 Å². The van der Waals surface area contributed by atoms with Gasteiger partial charge in [-0.25, -0.2) is 13.8 Å². The number of amides is 1. The summed E-state index contributed by atoms with van der Waals surface area (Å²) >= 11 is 4.53. The molecule has 1 aromatic heterocycles. The van der Waals surface area contributed by atoms with Crippen LogP contribution in [0.4, 0.5) is 13.9 Å². The molecule has 1 amide bonds. The van der Waals surface area contributed by atoms with Crippen LogP contribution in [-0.4, -0.2) is 42.0 Å². The smallest absolute Gasteiger partial charge is 0.261 e. The van der Waals surface area contributed by atoms with E-state index < -0.39 is 11.6 Å². The summed E-state index contributed by atoms with van der Waals surface area (Å²) in [5, 5.41) is 0.354. The van der Waals surface area contributed by atoms with Crippen molar-refractivity contribution in [1.29, 1.82) is 0 Å². The van der Waals surface area contributed by atoms with E-state index in [4.69, 9.17) is 0 Å². The predicted molar refractivity (Wildman–Crippen MR) is 120 cm³/mol. The summed E-state index contributed by atoms with van der Waals surface area (Å²) in [5.74, 6) is -1.62. The third-order valence-electron chi connectivity index (χ3n) is 4.52. The second-order valence-corrected chi connectivity index (χ2v) is 8.06. The third-order valence-corrected chi connectivity index (χ3v) is 6.23. The molecule has 0 aliphatic heterocycles. The third kappa shape index (κ3) is 5.31. The largest absolute Gasteiger partial charge is 0.302 e. The number of hydrogen-bond donors (Lipinski definition) is 0. The topological polar surface area (TPSA) is 36.4 Å². The monoisotopic (exact) mass is 503 g/mol. The Morgan fingerprint density at radius 3 is 2.48 bits per heavy atom. The quantitative estimate of drug-likeness (QED) is 0.411. The number of hydrogen-bond acceptors (Lipinski definition) is 4. The number of halogens is 4. The number of benzene rings is 2. The number of nitrogens with zero attached hydrogens (tertiary/aromatic N) is 3. The zero-order valence-electron chi connectivity index (χ0n) is 16.0. The zero-order chi connectivity index (χ0) is 20.3. The first-order valence-electron chi connectivity index (χ1n) is 8.98. The van der Waals surface area contributed by atoms with Crippen molar-refractivity contribution in [3.8, 4) is 0 Å². The number of likely N-dealkylation sites (N-methyl/N-ethyl adjacent to an activating group) is 1. The predicted octanol–water partition coefficient (Wildman–Crippen LogP) is 5.75. The molecule has 0 N–H and O–H groups in total. The molecule has 2 aromatic carbocycles. The highest BCUT2D eigenvalue weighted by Gasteiger charge is 2.24. The molecule has 0 bridgehead atoms. The van der Waals surface area contributed by atoms with Gasteiger partial charge in [0, 0.05) is 23.6 Å². The number of carbonyl (C=O) groups excluding carboxylic acids is 1. The Labute approximate surface area is 187 Å². The fourth-order valence-electron chi connectivity index (χ4n) is 2.91. The van der Waals surface area contributed by atoms with Crippen molar-refractivity contribution in [2.45, 2.75) is 13.8 Å². The second kappa shape index (κ2) is 10.4. The van der Waals surface area contributed by atoms with E-state index in [9.17, 15) is 13.6 Å². The van der Waals surface area contributed by atoms with Crippen LogP contribution in [0.3, 0.4) is 0 Å². The minimum Gasteiger partial charge on any atom is -0.302 e. The van der Waals surface area contributed by atoms with Crippen molar-refractivity contribution in [2.24, 2.45) is 0 Å². The van der Waals surface area contributed by atoms with Gasteiger partial charge in [-0.3, -0.25) is 9.69 Å². The Morgan fingerprint density at radius 2 is 1.83 bits per heavy atom. The number of rotatable bonds is 7. The van der Waals surface area contributed by atoms with Crippen molar-refractivity contribution in [2.75, 3.05) is 31.1 Å². The van der Waals surface area contributed by atoms with Gasteiger partial charge in [-0.1, -0.05) is 37.3 Å². The lowest BCUT2D eigenvalue weighted by Gasteiger charge is -2.25. The molecule has 9 heteroatoms. The van der Waals surface area contributed by atoms with Crippen LogP contribution in [0.25, 0.3) is 10.2 Å². The van der Waals surface area contributed by atoms with Crippen LogP contribution >= 0.6 is 39.7 Å². The van der Waals surface area contributed by atoms with Crippen LogP contribution in [-0.2, 0) is 0 Å². The molecule has 0 aliphatic rings. The molecular weight excluding hydrogens is 484 g/mol. The zero-order valence-corrected chi connectivity index (χ0v) is 19.2. The number of anilines is 1. The molecule has 0 saturated carbocycles. The van der Waals surface area contributed by atoms with E-state index in [-0.39, 0.29) is 23.8 Å². The number of carbonyl (C=O) groups is 1. The normalized spacial score (nSPS) is 11.0. The van der Waals surface area contributed by atoms with Crippen LogP contribution in [0.1, 0.15) is 24.2 Å². The van der Waals surface area contributed by atoms with Gasteiger partial charge < -0.3 is 4.90 Å². The number of fused-ring (bicyclic) bond motifs is 1. The summed E-state index contributed by atoms with van der Waals surface area (Å²) in [4.78, 5) is 21.3. The average Bonchev–Trinajstić information content (AvgIpc) is 3.09. The minimum atomic E-state index is -0.727. The standard InChI is InChI=1S/C20H20BrF2N3OS.ClH/c1-3-25(4-2)9-10-26(19(27)14-7-5-6-8-15(14)21)20-24-18-16(23)11-13(22)12-17(18)28-20;/h5-8,11-12H,3-4,9-10H2,1-2H3;1H. The maximum atomic E-state index is 14.1. The molecule has 29 heavy (non-hydrogen) atoms. The molecule has 0 unspecified atom stereocenters. The fourth-order valence-corrected chi connectivity index (χ4v) is 4.39. The van der Waals surface area contributed by atoms with Crippen molar-refractivity contribution in [1.82, 2.24) is 9.88 Å². The second-order valence-electron chi connectivity index (χ2n) is 6.19. The number of aromatic nitrogens is 1. The van der Waals surface area contributed by atoms with E-state index in [0.717, 1.165) is 30.5 Å². The van der Waals surface area contributed by atoms with Crippen LogP contribution in [0.5, 0.6) is 0 Å². The Balaban J connectivity index is 0.00000300. The van der Waals surface area contributed by atoms with E-state index in [1.165, 1.54) is 6.07 Å². The Kier molecular flexibility index (Phi) is 8.51. The van der Waals surface area contributed by atoms with E-state index in [0.29, 0.717) is 33.0 Å². The van der Waals surface area contributed by atoms with Gasteiger partial charge in [-0.2, -0.15) is 0 Å². The molecule has 0 saturated heterocycles. The molecule has 1 heterocycles. The minimum absolute atomic E-state index is 0. The summed E-state index contributed by atoms with van der Waals surface area (Å²) in [6.45, 7) is 6.86. The maximum Gasteiger partial charge on any atom is 0.261 e. The number of thiazole rings is 1. The Morgan fingerprint density at radius 1 is 1.14 bits per heavy atom. The summed E-state index contributed by atoms with van der Waals surface area (Å²) in [6, 6.07) is 9.19. The highest BCUT2D eigenvalue weighted by atomic mass is 79.9. The van der Waals surface area contributed by atoms with Crippen LogP contribution in [0.2, 0.25) is 0 Å². The van der Waals surface area contributed by atoms with Gasteiger partial charge in [0.15, 0.2) is 10.9 Å². The molecule has 4 nitrogen and oxygen atoms in total. The van der Waals surface area contributed by atoms with Crippen LogP contribution in [0.15, 0.2) is 40.9 Å². The maximum absolute atomic E-state index is 14.1. The highest BCUT2D eigenvalue weighted by Crippen LogP contribution is 2.32. The summed E-state index contributed by atoms with van der Waals surface area (Å²) < 4.78 is 28.7. The van der Waals surface area contributed by atoms with Gasteiger partial charge in [-0.15, -0.1) is 12.4 Å². The first-order chi connectivity index (χ1) is 13.4. The lowest BCUT2D eigenvalue weighted by molar-refractivity contribution is 0.0983. The summed E-state index contributed by atoms with van der Waals surface area (Å²) in [7, 11) is 0. The van der Waals surface area contributed by atoms with Crippen molar-refractivity contribution >= 4 is 60.9 Å². The SMILES string of the molecule is CCN(CC)CCN(C(=O)c1ccccc1Br)c1nc2c(F)cc(F)cc2s1.Cl. The molecule has 0 atom stereocenters. The molecule has 0 spiro atoms. The van der Waals surface area contributed by atoms with Gasteiger partial charge in [0.2, 0.25) is 0 Å². The summed E-state index contributed by atoms with van der Waals surface area (Å²) in [5.41, 5.74) is 0.571. The average molecular weight is 505 g/mol. The van der Waals surface area contributed by atoms with Gasteiger partial charge in [0.05, 0.1) is 10.3 Å². The van der Waals surface area contributed by atoms with Crippen LogP contribution in [0, 0.1) is 11.6 Å². The summed E-state index contributed by atoms with van der Waals surface area (Å²) in [6.07, 6.45) is 0. The van der Waals surface area contributed by atoms with Gasteiger partial charge in [0.25, 0.3) is 5.91 Å². The van der Waals surface area contributed by atoms with E-state index in [2.05, 4.69) is 39.7 Å². The van der Waals surface area contributed by atoms with Gasteiger partial charge in [0.1, 0.15) is 11.3 Å². The van der Waals surface area contributed by atoms with Gasteiger partial charge >= 0.3 is 0 Å². The van der Waals surface area contributed by atoms with Gasteiger partial charge in [-0.05, 0) is 47.2 Å². The lowest BCUT2D eigenvalue weighted by atomic mass is 10.2. The molecule has 3 aromatic rings. The molecule has 156 valence electrons. The van der Waals surface area contributed by atoms with Crippen LogP contribution < -0.4 is 4.90 Å². The molecule has 3 rings (SSSR count). The Bertz CT molecular complexity index is 997.